The van der Waals surface area contributed by atoms with E-state index in [1.165, 1.54) is 69.5 Å². The molecule has 266 valence electrons. The van der Waals surface area contributed by atoms with Crippen molar-refractivity contribution in [3.63, 3.8) is 0 Å². The molecule has 0 aliphatic carbocycles. The van der Waals surface area contributed by atoms with Crippen molar-refractivity contribution >= 4 is 75.1 Å². The Bertz CT molecular complexity index is 3400. The summed E-state index contributed by atoms with van der Waals surface area (Å²) in [6.07, 6.45) is 0. The van der Waals surface area contributed by atoms with Crippen LogP contribution in [0, 0.1) is 0 Å². The highest BCUT2D eigenvalue weighted by atomic mass is 32.1. The van der Waals surface area contributed by atoms with E-state index in [1.54, 1.807) is 0 Å². The number of hydrogen-bond acceptors (Lipinski definition) is 4. The Balaban J connectivity index is 1.03. The van der Waals surface area contributed by atoms with E-state index in [4.69, 9.17) is 15.0 Å². The van der Waals surface area contributed by atoms with Gasteiger partial charge < -0.3 is 9.13 Å². The van der Waals surface area contributed by atoms with Crippen LogP contribution in [0.25, 0.3) is 109 Å². The first-order valence-electron chi connectivity index (χ1n) is 19.1. The number of thiophene rings is 1. The topological polar surface area (TPSA) is 48.5 Å². The van der Waals surface area contributed by atoms with Crippen molar-refractivity contribution in [2.75, 3.05) is 0 Å². The Kier molecular flexibility index (Phi) is 7.03. The molecule has 0 fully saturated rings. The van der Waals surface area contributed by atoms with E-state index in [0.717, 1.165) is 22.4 Å². The molecule has 5 nitrogen and oxygen atoms in total. The second-order valence-electron chi connectivity index (χ2n) is 14.4. The van der Waals surface area contributed by atoms with Crippen molar-refractivity contribution in [3.05, 3.63) is 188 Å². The van der Waals surface area contributed by atoms with Gasteiger partial charge in [0, 0.05) is 65.1 Å². The molecule has 0 N–H and O–H groups in total. The fourth-order valence-corrected chi connectivity index (χ4v) is 9.85. The first kappa shape index (κ1) is 31.9. The number of benzene rings is 8. The molecule has 57 heavy (non-hydrogen) atoms. The standard InChI is InChI=1S/C51H31N5S/c1-3-13-32(14-4-1)49-52-50(33-15-5-2-6-16-33)54-51(53-49)34-23-25-35(26-24-34)56-45-22-12-9-19-39(45)41-29-30-42-40-28-27-36(31-46(40)57-48(42)47(41)56)55-43-20-10-7-17-37(43)38-18-8-11-21-44(38)55/h1-31H. The van der Waals surface area contributed by atoms with Gasteiger partial charge in [0.2, 0.25) is 0 Å². The Hall–Kier alpha value is -7.41. The van der Waals surface area contributed by atoms with E-state index in [2.05, 4.69) is 137 Å². The first-order chi connectivity index (χ1) is 28.3. The smallest absolute Gasteiger partial charge is 0.164 e. The third-order valence-electron chi connectivity index (χ3n) is 11.2. The molecule has 0 radical (unpaired) electrons. The molecule has 12 aromatic rings. The van der Waals surface area contributed by atoms with Gasteiger partial charge in [-0.15, -0.1) is 11.3 Å². The van der Waals surface area contributed by atoms with Gasteiger partial charge in [0.1, 0.15) is 0 Å². The van der Waals surface area contributed by atoms with Crippen LogP contribution in [-0.4, -0.2) is 24.1 Å². The Morgan fingerprint density at radius 3 is 1.35 bits per heavy atom. The molecule has 0 aliphatic heterocycles. The van der Waals surface area contributed by atoms with E-state index < -0.39 is 0 Å². The number of fused-ring (bicyclic) bond motifs is 10. The molecule has 0 bridgehead atoms. The van der Waals surface area contributed by atoms with Gasteiger partial charge in [-0.1, -0.05) is 133 Å². The minimum absolute atomic E-state index is 0.641. The fourth-order valence-electron chi connectivity index (χ4n) is 8.58. The SMILES string of the molecule is c1ccc(-c2nc(-c3ccccc3)nc(-c3ccc(-n4c5ccccc5c5ccc6c7ccc(-n8c9ccccc9c9ccccc98)cc7sc6c54)cc3)n2)cc1. The minimum Gasteiger partial charge on any atom is -0.309 e. The summed E-state index contributed by atoms with van der Waals surface area (Å²) in [6.45, 7) is 0. The molecule has 12 rings (SSSR count). The maximum absolute atomic E-state index is 4.99. The normalized spacial score (nSPS) is 11.9. The van der Waals surface area contributed by atoms with Crippen LogP contribution in [0.2, 0.25) is 0 Å². The van der Waals surface area contributed by atoms with Gasteiger partial charge in [-0.2, -0.15) is 0 Å². The molecule has 0 spiro atoms. The molecule has 0 amide bonds. The quantitative estimate of drug-likeness (QED) is 0.176. The molecule has 6 heteroatoms. The van der Waals surface area contributed by atoms with Crippen LogP contribution in [0.15, 0.2) is 188 Å². The van der Waals surface area contributed by atoms with E-state index >= 15 is 0 Å². The van der Waals surface area contributed by atoms with E-state index in [1.807, 2.05) is 72.0 Å². The van der Waals surface area contributed by atoms with Crippen LogP contribution in [0.3, 0.4) is 0 Å². The number of hydrogen-bond donors (Lipinski definition) is 0. The Morgan fingerprint density at radius 2 is 0.772 bits per heavy atom. The minimum atomic E-state index is 0.641. The molecular formula is C51H31N5S. The highest BCUT2D eigenvalue weighted by Crippen LogP contribution is 2.44. The maximum Gasteiger partial charge on any atom is 0.164 e. The zero-order chi connectivity index (χ0) is 37.5. The van der Waals surface area contributed by atoms with Gasteiger partial charge in [-0.05, 0) is 54.6 Å². The average molecular weight is 746 g/mol. The van der Waals surface area contributed by atoms with Crippen LogP contribution >= 0.6 is 11.3 Å². The third kappa shape index (κ3) is 4.98. The Morgan fingerprint density at radius 1 is 0.333 bits per heavy atom. The average Bonchev–Trinajstić information content (AvgIpc) is 3.94. The van der Waals surface area contributed by atoms with Gasteiger partial charge in [-0.25, -0.2) is 15.0 Å². The fraction of sp³-hybridized carbons (Fsp3) is 0. The summed E-state index contributed by atoms with van der Waals surface area (Å²) in [5.74, 6) is 1.95. The van der Waals surface area contributed by atoms with E-state index in [9.17, 15) is 0 Å². The molecule has 0 aliphatic rings. The van der Waals surface area contributed by atoms with Crippen molar-refractivity contribution in [3.8, 4) is 45.5 Å². The van der Waals surface area contributed by atoms with Crippen molar-refractivity contribution in [2.24, 2.45) is 0 Å². The second kappa shape index (κ2) is 12.6. The molecule has 0 saturated carbocycles. The van der Waals surface area contributed by atoms with Crippen LogP contribution in [0.4, 0.5) is 0 Å². The van der Waals surface area contributed by atoms with Crippen LogP contribution in [0.5, 0.6) is 0 Å². The van der Waals surface area contributed by atoms with Gasteiger partial charge in [0.25, 0.3) is 0 Å². The van der Waals surface area contributed by atoms with Crippen LogP contribution < -0.4 is 0 Å². The molecule has 0 unspecified atom stereocenters. The zero-order valence-electron chi connectivity index (χ0n) is 30.5. The van der Waals surface area contributed by atoms with Crippen molar-refractivity contribution in [1.29, 1.82) is 0 Å². The van der Waals surface area contributed by atoms with E-state index in [0.29, 0.717) is 17.5 Å². The molecule has 4 heterocycles. The third-order valence-corrected chi connectivity index (χ3v) is 12.4. The van der Waals surface area contributed by atoms with Gasteiger partial charge in [0.15, 0.2) is 17.5 Å². The van der Waals surface area contributed by atoms with Crippen molar-refractivity contribution in [2.45, 2.75) is 0 Å². The predicted molar refractivity (Wildman–Crippen MR) is 238 cm³/mol. The van der Waals surface area contributed by atoms with Gasteiger partial charge in [-0.3, -0.25) is 0 Å². The highest BCUT2D eigenvalue weighted by Gasteiger charge is 2.20. The molecule has 0 saturated heterocycles. The highest BCUT2D eigenvalue weighted by molar-refractivity contribution is 7.26. The monoisotopic (exact) mass is 745 g/mol. The van der Waals surface area contributed by atoms with Crippen LogP contribution in [-0.2, 0) is 0 Å². The summed E-state index contributed by atoms with van der Waals surface area (Å²) in [5.41, 5.74) is 9.92. The predicted octanol–water partition coefficient (Wildman–Crippen LogP) is 13.4. The lowest BCUT2D eigenvalue weighted by Gasteiger charge is -2.11. The van der Waals surface area contributed by atoms with Gasteiger partial charge in [0.05, 0.1) is 26.8 Å². The summed E-state index contributed by atoms with van der Waals surface area (Å²) in [4.78, 5) is 14.9. The number of para-hydroxylation sites is 3. The largest absolute Gasteiger partial charge is 0.309 e. The summed E-state index contributed by atoms with van der Waals surface area (Å²) in [5, 5.41) is 7.56. The first-order valence-corrected chi connectivity index (χ1v) is 19.9. The summed E-state index contributed by atoms with van der Waals surface area (Å²) >= 11 is 1.88. The van der Waals surface area contributed by atoms with Crippen molar-refractivity contribution in [1.82, 2.24) is 24.1 Å². The zero-order valence-corrected chi connectivity index (χ0v) is 31.4. The maximum atomic E-state index is 4.99. The lowest BCUT2D eigenvalue weighted by molar-refractivity contribution is 1.07. The molecule has 0 atom stereocenters. The molecule has 8 aromatic carbocycles. The summed E-state index contributed by atoms with van der Waals surface area (Å²) in [7, 11) is 0. The Labute approximate surface area is 331 Å². The lowest BCUT2D eigenvalue weighted by atomic mass is 10.1. The summed E-state index contributed by atoms with van der Waals surface area (Å²) in [6, 6.07) is 66.6. The van der Waals surface area contributed by atoms with Crippen LogP contribution in [0.1, 0.15) is 0 Å². The molecular weight excluding hydrogens is 715 g/mol. The van der Waals surface area contributed by atoms with Crippen molar-refractivity contribution < 1.29 is 0 Å². The number of rotatable bonds is 5. The number of nitrogens with zero attached hydrogens (tertiary/aromatic N) is 5. The number of aromatic nitrogens is 5. The van der Waals surface area contributed by atoms with E-state index in [-0.39, 0.29) is 0 Å². The second-order valence-corrected chi connectivity index (χ2v) is 15.5. The lowest BCUT2D eigenvalue weighted by Crippen LogP contribution is -2.00. The molecule has 4 aromatic heterocycles. The van der Waals surface area contributed by atoms with Gasteiger partial charge >= 0.3 is 0 Å². The summed E-state index contributed by atoms with van der Waals surface area (Å²) < 4.78 is 7.38.